The summed E-state index contributed by atoms with van der Waals surface area (Å²) in [6.07, 6.45) is 2.59. The van der Waals surface area contributed by atoms with Gasteiger partial charge in [0, 0.05) is 18.2 Å². The molecule has 0 aromatic heterocycles. The lowest BCUT2D eigenvalue weighted by Crippen LogP contribution is -2.22. The third-order valence-electron chi connectivity index (χ3n) is 5.05. The molecule has 0 N–H and O–H groups in total. The fourth-order valence-electron chi connectivity index (χ4n) is 3.67. The monoisotopic (exact) mass is 426 g/mol. The molecule has 156 valence electrons. The molecule has 30 heavy (non-hydrogen) atoms. The van der Waals surface area contributed by atoms with Crippen molar-refractivity contribution >= 4 is 21.4 Å². The standard InChI is InChI=1S/C23H22O6S/c1-23(2)21(16-9-11-17(12-10-16)30(3,25)26)20(22(24)29-23)18-14-27-19(28-18)13-15-7-5-4-6-8-15/h4-12,14,19H,13H2,1-3H3. The van der Waals surface area contributed by atoms with Gasteiger partial charge >= 0.3 is 5.97 Å². The predicted molar refractivity (Wildman–Crippen MR) is 111 cm³/mol. The zero-order valence-electron chi connectivity index (χ0n) is 16.9. The van der Waals surface area contributed by atoms with Crippen molar-refractivity contribution < 1.29 is 27.4 Å². The maximum atomic E-state index is 12.7. The SMILES string of the molecule is CC1(C)OC(=O)C(C2=COC(Cc3ccccc3)O2)=C1c1ccc(S(C)(=O)=O)cc1. The summed E-state index contributed by atoms with van der Waals surface area (Å²) in [6.45, 7) is 3.57. The van der Waals surface area contributed by atoms with Gasteiger partial charge < -0.3 is 14.2 Å². The first-order chi connectivity index (χ1) is 14.1. The molecular weight excluding hydrogens is 404 g/mol. The van der Waals surface area contributed by atoms with E-state index in [1.807, 2.05) is 30.3 Å². The van der Waals surface area contributed by atoms with Gasteiger partial charge in [-0.3, -0.25) is 0 Å². The summed E-state index contributed by atoms with van der Waals surface area (Å²) in [7, 11) is -3.32. The number of carbonyl (C=O) groups excluding carboxylic acids is 1. The molecule has 6 nitrogen and oxygen atoms in total. The van der Waals surface area contributed by atoms with Crippen molar-refractivity contribution in [3.05, 3.63) is 83.3 Å². The zero-order valence-corrected chi connectivity index (χ0v) is 17.7. The van der Waals surface area contributed by atoms with Crippen LogP contribution < -0.4 is 0 Å². The quantitative estimate of drug-likeness (QED) is 0.680. The molecule has 4 rings (SSSR count). The van der Waals surface area contributed by atoms with E-state index in [2.05, 4.69) is 0 Å². The Kier molecular flexibility index (Phi) is 4.94. The van der Waals surface area contributed by atoms with Gasteiger partial charge in [0.15, 0.2) is 15.6 Å². The molecule has 0 amide bonds. The fraction of sp³-hybridized carbons (Fsp3) is 0.261. The van der Waals surface area contributed by atoms with Gasteiger partial charge in [0.25, 0.3) is 0 Å². The molecule has 1 unspecified atom stereocenters. The van der Waals surface area contributed by atoms with Crippen LogP contribution in [-0.2, 0) is 35.3 Å². The van der Waals surface area contributed by atoms with Gasteiger partial charge in [0.2, 0.25) is 6.29 Å². The van der Waals surface area contributed by atoms with Gasteiger partial charge in [-0.15, -0.1) is 0 Å². The van der Waals surface area contributed by atoms with Crippen LogP contribution in [0.15, 0.2) is 77.1 Å². The Balaban J connectivity index is 1.66. The topological polar surface area (TPSA) is 78.9 Å². The number of hydrogen-bond acceptors (Lipinski definition) is 6. The summed E-state index contributed by atoms with van der Waals surface area (Å²) < 4.78 is 40.7. The highest BCUT2D eigenvalue weighted by atomic mass is 32.2. The summed E-state index contributed by atoms with van der Waals surface area (Å²) in [4.78, 5) is 12.9. The number of sulfone groups is 1. The second-order valence-corrected chi connectivity index (χ2v) is 9.82. The Bertz CT molecular complexity index is 1140. The highest BCUT2D eigenvalue weighted by Crippen LogP contribution is 2.43. The lowest BCUT2D eigenvalue weighted by molar-refractivity contribution is -0.144. The van der Waals surface area contributed by atoms with Gasteiger partial charge in [-0.1, -0.05) is 42.5 Å². The molecule has 0 spiro atoms. The van der Waals surface area contributed by atoms with Crippen LogP contribution in [0, 0.1) is 0 Å². The van der Waals surface area contributed by atoms with E-state index in [9.17, 15) is 13.2 Å². The van der Waals surface area contributed by atoms with Crippen LogP contribution in [0.3, 0.4) is 0 Å². The maximum Gasteiger partial charge on any atom is 0.343 e. The summed E-state index contributed by atoms with van der Waals surface area (Å²) in [5.41, 5.74) is 1.76. The molecule has 0 radical (unpaired) electrons. The smallest absolute Gasteiger partial charge is 0.343 e. The molecular formula is C23H22O6S. The molecule has 2 aromatic rings. The van der Waals surface area contributed by atoms with E-state index in [4.69, 9.17) is 14.2 Å². The van der Waals surface area contributed by atoms with Crippen molar-refractivity contribution in [2.24, 2.45) is 0 Å². The molecule has 0 saturated carbocycles. The van der Waals surface area contributed by atoms with Crippen molar-refractivity contribution in [3.63, 3.8) is 0 Å². The summed E-state index contributed by atoms with van der Waals surface area (Å²) >= 11 is 0. The van der Waals surface area contributed by atoms with E-state index in [1.165, 1.54) is 18.4 Å². The van der Waals surface area contributed by atoms with Gasteiger partial charge in [-0.25, -0.2) is 13.2 Å². The van der Waals surface area contributed by atoms with E-state index in [1.54, 1.807) is 26.0 Å². The molecule has 2 aliphatic heterocycles. The first kappa shape index (κ1) is 20.2. The van der Waals surface area contributed by atoms with Crippen molar-refractivity contribution in [1.29, 1.82) is 0 Å². The largest absolute Gasteiger partial charge is 0.458 e. The molecule has 2 aromatic carbocycles. The first-order valence-electron chi connectivity index (χ1n) is 9.50. The second-order valence-electron chi connectivity index (χ2n) is 7.80. The highest BCUT2D eigenvalue weighted by molar-refractivity contribution is 7.90. The van der Waals surface area contributed by atoms with Crippen LogP contribution >= 0.6 is 0 Å². The van der Waals surface area contributed by atoms with Gasteiger partial charge in [-0.05, 0) is 37.1 Å². The van der Waals surface area contributed by atoms with Crippen LogP contribution in [0.1, 0.15) is 25.0 Å². The van der Waals surface area contributed by atoms with Crippen LogP contribution in [0.25, 0.3) is 5.57 Å². The van der Waals surface area contributed by atoms with Crippen molar-refractivity contribution in [2.45, 2.75) is 37.1 Å². The van der Waals surface area contributed by atoms with Gasteiger partial charge in [-0.2, -0.15) is 0 Å². The Morgan fingerprint density at radius 1 is 1.00 bits per heavy atom. The first-order valence-corrected chi connectivity index (χ1v) is 11.4. The third-order valence-corrected chi connectivity index (χ3v) is 6.18. The summed E-state index contributed by atoms with van der Waals surface area (Å²) in [6, 6.07) is 16.2. The van der Waals surface area contributed by atoms with E-state index >= 15 is 0 Å². The number of benzene rings is 2. The number of ether oxygens (including phenoxy) is 3. The van der Waals surface area contributed by atoms with E-state index in [0.29, 0.717) is 28.9 Å². The number of rotatable bonds is 5. The molecule has 2 heterocycles. The molecule has 0 fully saturated rings. The van der Waals surface area contributed by atoms with Gasteiger partial charge in [0.1, 0.15) is 17.4 Å². The minimum absolute atomic E-state index is 0.207. The Labute approximate surface area is 175 Å². The van der Waals surface area contributed by atoms with Crippen molar-refractivity contribution in [3.8, 4) is 0 Å². The average molecular weight is 426 g/mol. The molecule has 0 bridgehead atoms. The third kappa shape index (κ3) is 3.85. The van der Waals surface area contributed by atoms with Crippen LogP contribution in [0.2, 0.25) is 0 Å². The second kappa shape index (κ2) is 7.32. The van der Waals surface area contributed by atoms with Crippen LogP contribution in [-0.4, -0.2) is 32.5 Å². The minimum atomic E-state index is -3.32. The zero-order chi connectivity index (χ0) is 21.5. The Morgan fingerprint density at radius 2 is 1.67 bits per heavy atom. The summed E-state index contributed by atoms with van der Waals surface area (Å²) in [5.74, 6) is -0.189. The summed E-state index contributed by atoms with van der Waals surface area (Å²) in [5, 5.41) is 0. The molecule has 2 aliphatic rings. The number of esters is 1. The van der Waals surface area contributed by atoms with Gasteiger partial charge in [0.05, 0.1) is 4.90 Å². The van der Waals surface area contributed by atoms with Crippen molar-refractivity contribution in [1.82, 2.24) is 0 Å². The number of cyclic esters (lactones) is 1. The molecule has 0 saturated heterocycles. The number of hydrogen-bond donors (Lipinski definition) is 0. The van der Waals surface area contributed by atoms with Crippen molar-refractivity contribution in [2.75, 3.05) is 6.26 Å². The van der Waals surface area contributed by atoms with Crippen LogP contribution in [0.4, 0.5) is 0 Å². The average Bonchev–Trinajstić information content (AvgIpc) is 3.22. The lowest BCUT2D eigenvalue weighted by atomic mass is 9.89. The van der Waals surface area contributed by atoms with E-state index in [0.717, 1.165) is 11.8 Å². The van der Waals surface area contributed by atoms with E-state index < -0.39 is 27.7 Å². The fourth-order valence-corrected chi connectivity index (χ4v) is 4.30. The molecule has 1 atom stereocenters. The lowest BCUT2D eigenvalue weighted by Gasteiger charge is -2.21. The minimum Gasteiger partial charge on any atom is -0.458 e. The predicted octanol–water partition coefficient (Wildman–Crippen LogP) is 3.64. The number of carbonyl (C=O) groups is 1. The van der Waals surface area contributed by atoms with E-state index in [-0.39, 0.29) is 4.90 Å². The molecule has 0 aliphatic carbocycles. The highest BCUT2D eigenvalue weighted by Gasteiger charge is 2.44. The maximum absolute atomic E-state index is 12.7. The Hall–Kier alpha value is -3.06. The van der Waals surface area contributed by atoms with Crippen LogP contribution in [0.5, 0.6) is 0 Å². The Morgan fingerprint density at radius 3 is 2.30 bits per heavy atom. The normalized spacial score (nSPS) is 20.4. The molecule has 7 heteroatoms.